The Hall–Kier alpha value is -2.11. The van der Waals surface area contributed by atoms with E-state index in [1.165, 1.54) is 25.7 Å². The Morgan fingerprint density at radius 2 is 1.96 bits per heavy atom. The van der Waals surface area contributed by atoms with Crippen LogP contribution in [-0.4, -0.2) is 32.4 Å². The van der Waals surface area contributed by atoms with Gasteiger partial charge in [-0.3, -0.25) is 9.20 Å². The van der Waals surface area contributed by atoms with Crippen LogP contribution >= 0.6 is 0 Å². The highest BCUT2D eigenvalue weighted by Crippen LogP contribution is 2.44. The van der Waals surface area contributed by atoms with Crippen LogP contribution in [0.15, 0.2) is 12.4 Å². The van der Waals surface area contributed by atoms with Gasteiger partial charge in [-0.1, -0.05) is 0 Å². The van der Waals surface area contributed by atoms with E-state index in [-0.39, 0.29) is 12.0 Å². The number of carbonyl (C=O) groups excluding carboxylic acids is 1. The molecule has 2 aromatic heterocycles. The summed E-state index contributed by atoms with van der Waals surface area (Å²) in [7, 11) is 0. The second-order valence-corrected chi connectivity index (χ2v) is 7.51. The zero-order valence-electron chi connectivity index (χ0n) is 13.9. The normalized spacial score (nSPS) is 20.6. The summed E-state index contributed by atoms with van der Waals surface area (Å²) >= 11 is 0. The Morgan fingerprint density at radius 1 is 1.25 bits per heavy atom. The molecular formula is C18H22N4O2. The zero-order valence-corrected chi connectivity index (χ0v) is 13.9. The van der Waals surface area contributed by atoms with Crippen molar-refractivity contribution in [3.63, 3.8) is 0 Å². The summed E-state index contributed by atoms with van der Waals surface area (Å²) in [6.45, 7) is 1.98. The van der Waals surface area contributed by atoms with Crippen molar-refractivity contribution in [3.8, 4) is 5.88 Å². The predicted molar refractivity (Wildman–Crippen MR) is 88.1 cm³/mol. The number of carbonyl (C=O) groups is 1. The molecular weight excluding hydrogens is 304 g/mol. The minimum Gasteiger partial charge on any atom is -0.474 e. The third kappa shape index (κ3) is 2.64. The van der Waals surface area contributed by atoms with Gasteiger partial charge in [0, 0.05) is 17.8 Å². The smallest absolute Gasteiger partial charge is 0.274 e. The lowest BCUT2D eigenvalue weighted by Gasteiger charge is -2.16. The molecule has 5 rings (SSSR count). The third-order valence-electron chi connectivity index (χ3n) is 5.26. The molecule has 6 nitrogen and oxygen atoms in total. The number of rotatable bonds is 6. The van der Waals surface area contributed by atoms with Gasteiger partial charge in [-0.25, -0.2) is 4.98 Å². The van der Waals surface area contributed by atoms with E-state index in [1.54, 1.807) is 6.33 Å². The van der Waals surface area contributed by atoms with Crippen LogP contribution in [0, 0.1) is 18.8 Å². The van der Waals surface area contributed by atoms with E-state index >= 15 is 0 Å². The molecule has 1 amide bonds. The Balaban J connectivity index is 1.44. The second-order valence-electron chi connectivity index (χ2n) is 7.51. The maximum atomic E-state index is 12.8. The first kappa shape index (κ1) is 14.3. The molecule has 0 aliphatic heterocycles. The van der Waals surface area contributed by atoms with Crippen LogP contribution in [-0.2, 0) is 0 Å². The van der Waals surface area contributed by atoms with Crippen LogP contribution in [0.5, 0.6) is 5.88 Å². The van der Waals surface area contributed by atoms with Crippen molar-refractivity contribution in [2.75, 3.05) is 0 Å². The van der Waals surface area contributed by atoms with Gasteiger partial charge in [0.2, 0.25) is 5.88 Å². The van der Waals surface area contributed by atoms with Gasteiger partial charge in [-0.15, -0.1) is 0 Å². The first-order valence-electron chi connectivity index (χ1n) is 9.01. The summed E-state index contributed by atoms with van der Waals surface area (Å²) in [6.07, 6.45) is 9.09. The van der Waals surface area contributed by atoms with Gasteiger partial charge in [-0.2, -0.15) is 4.98 Å². The first-order valence-corrected chi connectivity index (χ1v) is 9.01. The molecule has 0 aromatic carbocycles. The maximum Gasteiger partial charge on any atom is 0.274 e. The molecule has 0 unspecified atom stereocenters. The van der Waals surface area contributed by atoms with Crippen molar-refractivity contribution in [1.82, 2.24) is 19.7 Å². The molecule has 6 heteroatoms. The molecule has 3 fully saturated rings. The lowest BCUT2D eigenvalue weighted by molar-refractivity contribution is 0.0923. The van der Waals surface area contributed by atoms with Crippen LogP contribution in [0.2, 0.25) is 0 Å². The van der Waals surface area contributed by atoms with Gasteiger partial charge in [0.1, 0.15) is 12.4 Å². The quantitative estimate of drug-likeness (QED) is 0.885. The fraction of sp³-hybridized carbons (Fsp3) is 0.611. The predicted octanol–water partition coefficient (Wildman–Crippen LogP) is 2.50. The van der Waals surface area contributed by atoms with Crippen molar-refractivity contribution < 1.29 is 9.53 Å². The number of aromatic nitrogens is 3. The molecule has 1 N–H and O–H groups in total. The number of nitrogens with one attached hydrogen (secondary N) is 1. The minimum atomic E-state index is -0.100. The average molecular weight is 326 g/mol. The minimum absolute atomic E-state index is 0.100. The maximum absolute atomic E-state index is 12.8. The number of hydrogen-bond acceptors (Lipinski definition) is 4. The summed E-state index contributed by atoms with van der Waals surface area (Å²) in [5.41, 5.74) is 1.97. The number of hydrogen-bond donors (Lipinski definition) is 1. The number of amides is 1. The van der Waals surface area contributed by atoms with Gasteiger partial charge in [-0.05, 0) is 57.3 Å². The highest BCUT2D eigenvalue weighted by Gasteiger charge is 2.42. The van der Waals surface area contributed by atoms with E-state index < -0.39 is 0 Å². The molecule has 0 spiro atoms. The third-order valence-corrected chi connectivity index (χ3v) is 5.26. The fourth-order valence-electron chi connectivity index (χ4n) is 3.42. The SMILES string of the molecule is Cc1cc(OC2CC2)nc2c(C(=O)NC(C3CC3)C3CC3)ncn12. The van der Waals surface area contributed by atoms with E-state index in [0.29, 0.717) is 35.1 Å². The largest absolute Gasteiger partial charge is 0.474 e. The topological polar surface area (TPSA) is 68.5 Å². The molecule has 3 aliphatic rings. The molecule has 126 valence electrons. The molecule has 24 heavy (non-hydrogen) atoms. The van der Waals surface area contributed by atoms with E-state index in [0.717, 1.165) is 18.5 Å². The number of nitrogens with zero attached hydrogens (tertiary/aromatic N) is 3. The van der Waals surface area contributed by atoms with Gasteiger partial charge in [0.25, 0.3) is 5.91 Å². The average Bonchev–Trinajstić information content (AvgIpc) is 3.40. The van der Waals surface area contributed by atoms with Crippen molar-refractivity contribution >= 4 is 11.6 Å². The Bertz CT molecular complexity index is 791. The molecule has 2 heterocycles. The van der Waals surface area contributed by atoms with Crippen LogP contribution < -0.4 is 10.1 Å². The summed E-state index contributed by atoms with van der Waals surface area (Å²) in [6, 6.07) is 2.23. The second kappa shape index (κ2) is 5.19. The zero-order chi connectivity index (χ0) is 16.3. The summed E-state index contributed by atoms with van der Waals surface area (Å²) in [5.74, 6) is 1.83. The van der Waals surface area contributed by atoms with E-state index in [9.17, 15) is 4.79 Å². The van der Waals surface area contributed by atoms with Crippen molar-refractivity contribution in [2.24, 2.45) is 11.8 Å². The number of fused-ring (bicyclic) bond motifs is 1. The lowest BCUT2D eigenvalue weighted by atomic mass is 10.1. The summed E-state index contributed by atoms with van der Waals surface area (Å²) in [4.78, 5) is 21.7. The standard InChI is InChI=1S/C18H22N4O2/c1-10-8-14(24-13-6-7-13)20-17-16(19-9-22(10)17)18(23)21-15(11-2-3-11)12-4-5-12/h8-9,11-13,15H,2-7H2,1H3,(H,21,23). The lowest BCUT2D eigenvalue weighted by Crippen LogP contribution is -2.38. The highest BCUT2D eigenvalue weighted by atomic mass is 16.5. The summed E-state index contributed by atoms with van der Waals surface area (Å²) < 4.78 is 7.67. The van der Waals surface area contributed by atoms with Crippen molar-refractivity contribution in [3.05, 3.63) is 23.8 Å². The summed E-state index contributed by atoms with van der Waals surface area (Å²) in [5, 5.41) is 3.23. The monoisotopic (exact) mass is 326 g/mol. The molecule has 0 atom stereocenters. The van der Waals surface area contributed by atoms with Gasteiger partial charge < -0.3 is 10.1 Å². The number of aryl methyl sites for hydroxylation is 1. The molecule has 3 aliphatic carbocycles. The highest BCUT2D eigenvalue weighted by molar-refractivity contribution is 5.98. The Morgan fingerprint density at radius 3 is 2.58 bits per heavy atom. The van der Waals surface area contributed by atoms with Crippen LogP contribution in [0.4, 0.5) is 0 Å². The fourth-order valence-corrected chi connectivity index (χ4v) is 3.42. The van der Waals surface area contributed by atoms with Crippen molar-refractivity contribution in [2.45, 2.75) is 57.6 Å². The van der Waals surface area contributed by atoms with E-state index in [1.807, 2.05) is 17.4 Å². The van der Waals surface area contributed by atoms with Gasteiger partial charge >= 0.3 is 0 Å². The first-order chi connectivity index (χ1) is 11.7. The Kier molecular flexibility index (Phi) is 3.08. The van der Waals surface area contributed by atoms with Crippen LogP contribution in [0.3, 0.4) is 0 Å². The molecule has 3 saturated carbocycles. The number of imidazole rings is 1. The van der Waals surface area contributed by atoms with E-state index in [2.05, 4.69) is 15.3 Å². The van der Waals surface area contributed by atoms with Crippen LogP contribution in [0.25, 0.3) is 5.65 Å². The van der Waals surface area contributed by atoms with Gasteiger partial charge in [0.15, 0.2) is 11.3 Å². The van der Waals surface area contributed by atoms with E-state index in [4.69, 9.17) is 4.74 Å². The number of ether oxygens (including phenoxy) is 1. The Labute approximate surface area is 140 Å². The van der Waals surface area contributed by atoms with Crippen LogP contribution in [0.1, 0.15) is 54.7 Å². The molecule has 0 radical (unpaired) electrons. The molecule has 2 aromatic rings. The molecule has 0 bridgehead atoms. The molecule has 0 saturated heterocycles. The van der Waals surface area contributed by atoms with Crippen molar-refractivity contribution in [1.29, 1.82) is 0 Å². The van der Waals surface area contributed by atoms with Gasteiger partial charge in [0.05, 0.1) is 0 Å².